The molecule has 1 aliphatic rings. The van der Waals surface area contributed by atoms with Crippen LogP contribution in [0.4, 0.5) is 22.0 Å². The van der Waals surface area contributed by atoms with Gasteiger partial charge >= 0.3 is 0 Å². The zero-order chi connectivity index (χ0) is 36.8. The molecule has 0 bridgehead atoms. The van der Waals surface area contributed by atoms with Crippen molar-refractivity contribution in [3.8, 4) is 0 Å². The Morgan fingerprint density at radius 1 is 0.654 bits per heavy atom. The molecule has 0 unspecified atom stereocenters. The van der Waals surface area contributed by atoms with E-state index < -0.39 is 46.8 Å². The van der Waals surface area contributed by atoms with E-state index in [1.807, 2.05) is 60.7 Å². The number of hydrogen-bond acceptors (Lipinski definition) is 5. The fourth-order valence-corrected chi connectivity index (χ4v) is 6.32. The lowest BCUT2D eigenvalue weighted by molar-refractivity contribution is -0.276. The van der Waals surface area contributed by atoms with E-state index in [0.29, 0.717) is 30.8 Å². The summed E-state index contributed by atoms with van der Waals surface area (Å²) in [7, 11) is 0. The van der Waals surface area contributed by atoms with Gasteiger partial charge in [0.2, 0.25) is 5.82 Å². The van der Waals surface area contributed by atoms with Crippen molar-refractivity contribution in [3.05, 3.63) is 177 Å². The van der Waals surface area contributed by atoms with Gasteiger partial charge in [-0.2, -0.15) is 0 Å². The number of carbonyl (C=O) groups excluding carboxylic acids is 1. The molecule has 4 atom stereocenters. The van der Waals surface area contributed by atoms with Crippen LogP contribution in [0.5, 0.6) is 0 Å². The summed E-state index contributed by atoms with van der Waals surface area (Å²) in [5.41, 5.74) is 3.63. The molecule has 0 saturated carbocycles. The van der Waals surface area contributed by atoms with Crippen molar-refractivity contribution < 1.29 is 41.3 Å². The average molecular weight is 717 g/mol. The van der Waals surface area contributed by atoms with Crippen molar-refractivity contribution in [1.82, 2.24) is 10.2 Å². The molecular formula is C41H37F5N2O4. The molecule has 1 saturated heterocycles. The molecule has 6 rings (SSSR count). The van der Waals surface area contributed by atoms with E-state index in [9.17, 15) is 31.9 Å². The molecule has 0 aliphatic carbocycles. The Balaban J connectivity index is 1.22. The summed E-state index contributed by atoms with van der Waals surface area (Å²) >= 11 is 0. The fourth-order valence-electron chi connectivity index (χ4n) is 6.32. The van der Waals surface area contributed by atoms with Gasteiger partial charge in [-0.15, -0.1) is 0 Å². The first-order valence-electron chi connectivity index (χ1n) is 16.8. The van der Waals surface area contributed by atoms with E-state index in [4.69, 9.17) is 9.47 Å². The van der Waals surface area contributed by atoms with Crippen LogP contribution >= 0.6 is 0 Å². The van der Waals surface area contributed by atoms with E-state index in [2.05, 4.69) is 41.4 Å². The summed E-state index contributed by atoms with van der Waals surface area (Å²) in [5.74, 6) is -12.7. The van der Waals surface area contributed by atoms with Crippen LogP contribution in [-0.4, -0.2) is 28.6 Å². The van der Waals surface area contributed by atoms with Gasteiger partial charge in [-0.3, -0.25) is 9.69 Å². The predicted molar refractivity (Wildman–Crippen MR) is 184 cm³/mol. The second-order valence-electron chi connectivity index (χ2n) is 12.8. The minimum Gasteiger partial charge on any atom is -0.392 e. The van der Waals surface area contributed by atoms with Gasteiger partial charge in [0.25, 0.3) is 5.91 Å². The second-order valence-corrected chi connectivity index (χ2v) is 12.8. The summed E-state index contributed by atoms with van der Waals surface area (Å²) in [4.78, 5) is 14.8. The topological polar surface area (TPSA) is 71.0 Å². The van der Waals surface area contributed by atoms with Crippen LogP contribution in [0.3, 0.4) is 0 Å². The van der Waals surface area contributed by atoms with Gasteiger partial charge in [-0.05, 0) is 27.8 Å². The van der Waals surface area contributed by atoms with Gasteiger partial charge in [0.15, 0.2) is 29.6 Å². The van der Waals surface area contributed by atoms with Crippen molar-refractivity contribution >= 4 is 5.91 Å². The lowest BCUT2D eigenvalue weighted by atomic mass is 9.89. The highest BCUT2D eigenvalue weighted by Gasteiger charge is 2.39. The largest absolute Gasteiger partial charge is 0.392 e. The third-order valence-electron chi connectivity index (χ3n) is 9.20. The van der Waals surface area contributed by atoms with Gasteiger partial charge in [0.1, 0.15) is 5.56 Å². The van der Waals surface area contributed by atoms with Gasteiger partial charge in [-0.1, -0.05) is 116 Å². The van der Waals surface area contributed by atoms with Crippen molar-refractivity contribution in [1.29, 1.82) is 0 Å². The third kappa shape index (κ3) is 8.40. The number of nitrogens with one attached hydrogen (secondary N) is 1. The predicted octanol–water partition coefficient (Wildman–Crippen LogP) is 8.30. The summed E-state index contributed by atoms with van der Waals surface area (Å²) < 4.78 is 82.4. The standard InChI is InChI=1S/C41H37F5N2O4/c1-25-32(23-48(21-27-8-4-2-5-9-27)22-28-10-6-3-7-11-28)51-41(52-39(25)30-16-14-29(24-49)15-17-30)31-18-12-26(13-19-31)20-47-40(50)33-34(42)36(44)38(46)37(45)35(33)43/h2-19,25,32,39,41,49H,20-24H2,1H3,(H,47,50)/t25-,32+,39+,41+/m1/s1. The second kappa shape index (κ2) is 16.6. The van der Waals surface area contributed by atoms with E-state index in [0.717, 1.165) is 22.3 Å². The molecule has 52 heavy (non-hydrogen) atoms. The van der Waals surface area contributed by atoms with Gasteiger partial charge in [0.05, 0.1) is 18.8 Å². The maximum absolute atomic E-state index is 14.2. The summed E-state index contributed by atoms with van der Waals surface area (Å²) in [6, 6.07) is 34.7. The normalized spacial score (nSPS) is 18.8. The molecule has 5 aromatic rings. The molecule has 6 nitrogen and oxygen atoms in total. The highest BCUT2D eigenvalue weighted by molar-refractivity contribution is 5.94. The molecule has 0 radical (unpaired) electrons. The van der Waals surface area contributed by atoms with E-state index in [1.54, 1.807) is 24.3 Å². The van der Waals surface area contributed by atoms with E-state index in [1.165, 1.54) is 0 Å². The van der Waals surface area contributed by atoms with Crippen LogP contribution in [0, 0.1) is 35.0 Å². The molecule has 270 valence electrons. The van der Waals surface area contributed by atoms with Crippen LogP contribution in [0.25, 0.3) is 0 Å². The molecule has 11 heteroatoms. The van der Waals surface area contributed by atoms with Crippen molar-refractivity contribution in [2.45, 2.75) is 51.7 Å². The summed E-state index contributed by atoms with van der Waals surface area (Å²) in [6.45, 7) is 3.71. The Labute approximate surface area is 298 Å². The molecule has 0 aromatic heterocycles. The number of aliphatic hydroxyl groups is 1. The number of rotatable bonds is 12. The zero-order valence-corrected chi connectivity index (χ0v) is 28.2. The first kappa shape index (κ1) is 36.8. The zero-order valence-electron chi connectivity index (χ0n) is 28.2. The average Bonchev–Trinajstić information content (AvgIpc) is 3.17. The summed E-state index contributed by atoms with van der Waals surface area (Å²) in [5, 5.41) is 11.8. The molecule has 5 aromatic carbocycles. The van der Waals surface area contributed by atoms with Crippen LogP contribution < -0.4 is 5.32 Å². The van der Waals surface area contributed by atoms with Crippen LogP contribution in [0.2, 0.25) is 0 Å². The first-order valence-corrected chi connectivity index (χ1v) is 16.8. The highest BCUT2D eigenvalue weighted by Crippen LogP contribution is 2.42. The third-order valence-corrected chi connectivity index (χ3v) is 9.20. The van der Waals surface area contributed by atoms with Gasteiger partial charge in [-0.25, -0.2) is 22.0 Å². The number of aliphatic hydroxyl groups excluding tert-OH is 1. The Morgan fingerprint density at radius 3 is 1.69 bits per heavy atom. The molecule has 1 amide bonds. The minimum absolute atomic E-state index is 0.0818. The molecule has 1 heterocycles. The number of halogens is 5. The van der Waals surface area contributed by atoms with Crippen molar-refractivity contribution in [2.24, 2.45) is 5.92 Å². The minimum atomic E-state index is -2.34. The number of carbonyl (C=O) groups is 1. The SMILES string of the molecule is C[C@@H]1[C@H](CN(Cc2ccccc2)Cc2ccccc2)O[C@H](c2ccc(CNC(=O)c3c(F)c(F)c(F)c(F)c3F)cc2)O[C@@H]1c1ccc(CO)cc1. The Kier molecular flexibility index (Phi) is 11.8. The van der Waals surface area contributed by atoms with Crippen LogP contribution in [0.15, 0.2) is 109 Å². The Bertz CT molecular complexity index is 1890. The van der Waals surface area contributed by atoms with Crippen LogP contribution in [-0.2, 0) is 35.7 Å². The van der Waals surface area contributed by atoms with Crippen molar-refractivity contribution in [2.75, 3.05) is 6.54 Å². The monoisotopic (exact) mass is 716 g/mol. The Morgan fingerprint density at radius 2 is 1.15 bits per heavy atom. The molecule has 1 aliphatic heterocycles. The van der Waals surface area contributed by atoms with E-state index in [-0.39, 0.29) is 31.3 Å². The van der Waals surface area contributed by atoms with E-state index >= 15 is 0 Å². The summed E-state index contributed by atoms with van der Waals surface area (Å²) in [6.07, 6.45) is -1.45. The lowest BCUT2D eigenvalue weighted by Crippen LogP contribution is -2.44. The maximum Gasteiger partial charge on any atom is 0.257 e. The fraction of sp³-hybridized carbons (Fsp3) is 0.244. The number of amides is 1. The molecular weight excluding hydrogens is 679 g/mol. The molecule has 0 spiro atoms. The number of ether oxygens (including phenoxy) is 2. The number of nitrogens with zero attached hydrogens (tertiary/aromatic N) is 1. The highest BCUT2D eigenvalue weighted by atomic mass is 19.2. The van der Waals surface area contributed by atoms with Gasteiger partial charge in [0, 0.05) is 37.7 Å². The molecule has 2 N–H and O–H groups in total. The lowest BCUT2D eigenvalue weighted by Gasteiger charge is -2.43. The first-order chi connectivity index (χ1) is 25.1. The van der Waals surface area contributed by atoms with Crippen molar-refractivity contribution in [3.63, 3.8) is 0 Å². The van der Waals surface area contributed by atoms with Gasteiger partial charge < -0.3 is 19.9 Å². The smallest absolute Gasteiger partial charge is 0.257 e. The molecule has 1 fully saturated rings. The Hall–Kier alpha value is -4.94. The van der Waals surface area contributed by atoms with Crippen LogP contribution in [0.1, 0.15) is 63.1 Å². The maximum atomic E-state index is 14.2. The quantitative estimate of drug-likeness (QED) is 0.0773. The number of hydrogen-bond donors (Lipinski definition) is 2. The number of benzene rings is 5.